The Labute approximate surface area is 304 Å². The van der Waals surface area contributed by atoms with Crippen molar-refractivity contribution < 1.29 is 41.8 Å². The van der Waals surface area contributed by atoms with E-state index in [0.717, 1.165) is 5.56 Å². The highest BCUT2D eigenvalue weighted by Gasteiger charge is 2.50. The van der Waals surface area contributed by atoms with E-state index in [0.29, 0.717) is 0 Å². The highest BCUT2D eigenvalue weighted by Crippen LogP contribution is 2.30. The van der Waals surface area contributed by atoms with Gasteiger partial charge in [0.2, 0.25) is 8.32 Å². The predicted molar refractivity (Wildman–Crippen MR) is 223 cm³/mol. The summed E-state index contributed by atoms with van der Waals surface area (Å²) >= 11 is 0. The zero-order valence-electron chi connectivity index (χ0n) is 33.7. The standard InChI is InChI=1S/C28H68O10Si10/c1-22-27-23-25-28(26-24-27)39(2,3)30-41(6,7)32-43(10,11)34-45(14,15)36-47(18,19)38-48(20,21)37-46(16,17)35-44(12,13)33-42(8,9)31-40(4,5)29/h22-26,29H,1H2,2-21H3. The van der Waals surface area contributed by atoms with E-state index in [2.05, 4.69) is 96.3 Å². The first-order valence-electron chi connectivity index (χ1n) is 16.7. The first-order chi connectivity index (χ1) is 20.9. The lowest BCUT2D eigenvalue weighted by Gasteiger charge is -2.44. The number of hydrogen-bond acceptors (Lipinski definition) is 10. The van der Waals surface area contributed by atoms with Crippen LogP contribution in [0.3, 0.4) is 0 Å². The molecule has 0 aliphatic heterocycles. The summed E-state index contributed by atoms with van der Waals surface area (Å²) in [6, 6.07) is 8.45. The lowest BCUT2D eigenvalue weighted by Crippen LogP contribution is -2.62. The van der Waals surface area contributed by atoms with Gasteiger partial charge in [-0.2, -0.15) is 0 Å². The van der Waals surface area contributed by atoms with Crippen molar-refractivity contribution in [3.63, 3.8) is 0 Å². The molecule has 0 fully saturated rings. The van der Waals surface area contributed by atoms with Crippen LogP contribution in [0.2, 0.25) is 131 Å². The summed E-state index contributed by atoms with van der Waals surface area (Å²) < 4.78 is 59.7. The first-order valence-corrected chi connectivity index (χ1v) is 45.0. The SMILES string of the molecule is C=Cc1ccc([Si](C)(C)O[Si](C)(C)O[Si](C)(C)O[Si](C)(C)O[Si](C)(C)O[Si](C)(C)O[Si](C)(C)O[Si](C)(C)O[Si](C)(C)O[Si](C)(C)O)cc1. The van der Waals surface area contributed by atoms with E-state index >= 15 is 0 Å². The Balaban J connectivity index is 2.93. The maximum Gasteiger partial charge on any atom is 0.320 e. The summed E-state index contributed by atoms with van der Waals surface area (Å²) in [4.78, 5) is 10.3. The van der Waals surface area contributed by atoms with Gasteiger partial charge in [-0.1, -0.05) is 36.9 Å². The van der Waals surface area contributed by atoms with E-state index in [9.17, 15) is 4.80 Å². The predicted octanol–water partition coefficient (Wildman–Crippen LogP) is 8.20. The monoisotopic (exact) mass is 844 g/mol. The van der Waals surface area contributed by atoms with Crippen LogP contribution in [-0.4, -0.2) is 90.2 Å². The van der Waals surface area contributed by atoms with Gasteiger partial charge in [-0.05, 0) is 142 Å². The molecule has 0 saturated carbocycles. The molecular formula is C28H68O10Si10. The molecule has 0 aliphatic rings. The average molecular weight is 846 g/mol. The molecule has 0 spiro atoms. The minimum Gasteiger partial charge on any atom is -0.433 e. The van der Waals surface area contributed by atoms with Crippen LogP contribution in [0.5, 0.6) is 0 Å². The van der Waals surface area contributed by atoms with Gasteiger partial charge in [0, 0.05) is 0 Å². The second-order valence-electron chi connectivity index (χ2n) is 16.9. The molecule has 0 aromatic heterocycles. The van der Waals surface area contributed by atoms with Gasteiger partial charge in [0.15, 0.2) is 0 Å². The molecule has 1 aromatic carbocycles. The molecule has 10 nitrogen and oxygen atoms in total. The molecule has 0 atom stereocenters. The van der Waals surface area contributed by atoms with Crippen molar-refractivity contribution in [2.45, 2.75) is 131 Å². The number of hydrogen-bond donors (Lipinski definition) is 1. The molecule has 20 heteroatoms. The van der Waals surface area contributed by atoms with Gasteiger partial charge in [0.05, 0.1) is 0 Å². The summed E-state index contributed by atoms with van der Waals surface area (Å²) in [5.74, 6) is 0. The first kappa shape index (κ1) is 46.7. The normalized spacial score (nSPS) is 15.2. The number of rotatable bonds is 20. The topological polar surface area (TPSA) is 103 Å². The van der Waals surface area contributed by atoms with Crippen molar-refractivity contribution >= 4 is 96.6 Å². The molecule has 280 valence electrons. The van der Waals surface area contributed by atoms with Crippen LogP contribution in [0.15, 0.2) is 30.8 Å². The lowest BCUT2D eigenvalue weighted by molar-refractivity contribution is 0.255. The maximum atomic E-state index is 10.3. The van der Waals surface area contributed by atoms with Gasteiger partial charge in [-0.15, -0.1) is 0 Å². The minimum absolute atomic E-state index is 1.09. The van der Waals surface area contributed by atoms with Crippen LogP contribution < -0.4 is 5.19 Å². The van der Waals surface area contributed by atoms with Crippen molar-refractivity contribution in [2.24, 2.45) is 0 Å². The van der Waals surface area contributed by atoms with E-state index in [-0.39, 0.29) is 0 Å². The Kier molecular flexibility index (Phi) is 15.6. The van der Waals surface area contributed by atoms with Gasteiger partial charge in [0.1, 0.15) is 0 Å². The molecule has 0 unspecified atom stereocenters. The van der Waals surface area contributed by atoms with E-state index in [1.54, 1.807) is 13.1 Å². The van der Waals surface area contributed by atoms with Crippen LogP contribution >= 0.6 is 0 Å². The summed E-state index contributed by atoms with van der Waals surface area (Å²) in [6.07, 6.45) is 1.85. The van der Waals surface area contributed by atoms with Crippen LogP contribution in [-0.2, 0) is 37.0 Å². The van der Waals surface area contributed by atoms with Gasteiger partial charge >= 0.3 is 77.0 Å². The van der Waals surface area contributed by atoms with Crippen molar-refractivity contribution in [1.29, 1.82) is 0 Å². The third-order valence-electron chi connectivity index (χ3n) is 6.28. The third kappa shape index (κ3) is 18.5. The van der Waals surface area contributed by atoms with E-state index < -0.39 is 85.4 Å². The molecule has 1 rings (SSSR count). The van der Waals surface area contributed by atoms with Gasteiger partial charge in [-0.25, -0.2) is 0 Å². The molecule has 1 N–H and O–H groups in total. The molecule has 0 saturated heterocycles. The van der Waals surface area contributed by atoms with Crippen molar-refractivity contribution in [1.82, 2.24) is 0 Å². The fraction of sp³-hybridized carbons (Fsp3) is 0.714. The van der Waals surface area contributed by atoms with Gasteiger partial charge in [-0.3, -0.25) is 0 Å². The summed E-state index contributed by atoms with van der Waals surface area (Å²) in [5, 5.41) is 1.22. The van der Waals surface area contributed by atoms with Crippen molar-refractivity contribution in [3.8, 4) is 0 Å². The molecule has 0 bridgehead atoms. The largest absolute Gasteiger partial charge is 0.433 e. The smallest absolute Gasteiger partial charge is 0.320 e. The lowest BCUT2D eigenvalue weighted by atomic mass is 10.2. The Hall–Kier alpha value is 0.729. The minimum atomic E-state index is -2.75. The zero-order chi connectivity index (χ0) is 38.1. The average Bonchev–Trinajstić information content (AvgIpc) is 2.69. The summed E-state index contributed by atoms with van der Waals surface area (Å²) in [5.41, 5.74) is 1.09. The highest BCUT2D eigenvalue weighted by molar-refractivity contribution is 6.94. The molecule has 48 heavy (non-hydrogen) atoms. The van der Waals surface area contributed by atoms with E-state index in [4.69, 9.17) is 37.0 Å². The van der Waals surface area contributed by atoms with Crippen LogP contribution in [0, 0.1) is 0 Å². The quantitative estimate of drug-likeness (QED) is 0.129. The van der Waals surface area contributed by atoms with Crippen LogP contribution in [0.1, 0.15) is 5.56 Å². The molecule has 0 amide bonds. The van der Waals surface area contributed by atoms with Gasteiger partial charge in [0.25, 0.3) is 0 Å². The Morgan fingerprint density at radius 2 is 0.625 bits per heavy atom. The molecule has 0 aliphatic carbocycles. The second kappa shape index (κ2) is 16.0. The van der Waals surface area contributed by atoms with Gasteiger partial charge < -0.3 is 41.8 Å². The molecule has 0 heterocycles. The van der Waals surface area contributed by atoms with Crippen LogP contribution in [0.25, 0.3) is 6.08 Å². The van der Waals surface area contributed by atoms with Crippen molar-refractivity contribution in [2.75, 3.05) is 0 Å². The zero-order valence-corrected chi connectivity index (χ0v) is 43.7. The second-order valence-corrected chi connectivity index (χ2v) is 53.1. The fourth-order valence-corrected chi connectivity index (χ4v) is 55.3. The van der Waals surface area contributed by atoms with E-state index in [1.807, 2.05) is 58.5 Å². The van der Waals surface area contributed by atoms with Crippen molar-refractivity contribution in [3.05, 3.63) is 36.4 Å². The highest BCUT2D eigenvalue weighted by atomic mass is 28.5. The Morgan fingerprint density at radius 3 is 0.854 bits per heavy atom. The molecular weight excluding hydrogens is 777 g/mol. The summed E-state index contributed by atoms with van der Waals surface area (Å²) in [6.45, 7) is 44.4. The summed E-state index contributed by atoms with van der Waals surface area (Å²) in [7, 11) is -26.3. The molecule has 0 radical (unpaired) electrons. The van der Waals surface area contributed by atoms with Crippen LogP contribution in [0.4, 0.5) is 0 Å². The fourth-order valence-electron chi connectivity index (χ4n) is 6.61. The Bertz CT molecular complexity index is 1210. The van der Waals surface area contributed by atoms with E-state index in [1.165, 1.54) is 5.19 Å². The molecule has 1 aromatic rings. The maximum absolute atomic E-state index is 10.3. The third-order valence-corrected chi connectivity index (χ3v) is 43.5. The Morgan fingerprint density at radius 1 is 0.396 bits per heavy atom. The number of benzene rings is 1.